The van der Waals surface area contributed by atoms with Gasteiger partial charge in [-0.1, -0.05) is 0 Å². The summed E-state index contributed by atoms with van der Waals surface area (Å²) in [5.74, 6) is 0.147. The van der Waals surface area contributed by atoms with Gasteiger partial charge in [-0.05, 0) is 44.0 Å². The van der Waals surface area contributed by atoms with E-state index >= 15 is 0 Å². The summed E-state index contributed by atoms with van der Waals surface area (Å²) in [6, 6.07) is 7.57. The number of fused-ring (bicyclic) bond motifs is 1. The molecule has 9 heteroatoms. The summed E-state index contributed by atoms with van der Waals surface area (Å²) in [7, 11) is 1.57. The van der Waals surface area contributed by atoms with Gasteiger partial charge in [-0.15, -0.1) is 0 Å². The molecule has 3 N–H and O–H groups in total. The molecule has 9 nitrogen and oxygen atoms in total. The highest BCUT2D eigenvalue weighted by atomic mass is 16.2. The van der Waals surface area contributed by atoms with E-state index in [9.17, 15) is 9.59 Å². The number of H-pyrrole nitrogens is 1. The molecular weight excluding hydrogens is 394 g/mol. The molecular formula is C22H21N7O2. The molecule has 0 spiro atoms. The van der Waals surface area contributed by atoms with Crippen LogP contribution in [0.2, 0.25) is 0 Å². The Morgan fingerprint density at radius 1 is 1.19 bits per heavy atom. The van der Waals surface area contributed by atoms with Crippen molar-refractivity contribution in [2.45, 2.75) is 19.8 Å². The van der Waals surface area contributed by atoms with E-state index in [0.717, 1.165) is 24.2 Å². The molecule has 0 radical (unpaired) electrons. The summed E-state index contributed by atoms with van der Waals surface area (Å²) in [5.41, 5.74) is 4.19. The minimum atomic E-state index is -0.253. The Bertz CT molecular complexity index is 1320. The maximum Gasteiger partial charge on any atom is 0.253 e. The number of aromatic nitrogens is 5. The van der Waals surface area contributed by atoms with Crippen LogP contribution in [-0.2, 0) is 4.79 Å². The van der Waals surface area contributed by atoms with Gasteiger partial charge in [0.1, 0.15) is 0 Å². The number of hydrogen-bond donors (Lipinski definition) is 3. The average molecular weight is 415 g/mol. The van der Waals surface area contributed by atoms with Crippen LogP contribution >= 0.6 is 0 Å². The summed E-state index contributed by atoms with van der Waals surface area (Å²) >= 11 is 0. The number of hydrogen-bond acceptors (Lipinski definition) is 5. The number of anilines is 1. The van der Waals surface area contributed by atoms with Gasteiger partial charge in [0.15, 0.2) is 5.82 Å². The van der Waals surface area contributed by atoms with Crippen molar-refractivity contribution in [1.29, 1.82) is 0 Å². The number of nitrogens with zero attached hydrogens (tertiary/aromatic N) is 4. The fourth-order valence-electron chi connectivity index (χ4n) is 3.50. The molecule has 0 bridgehead atoms. The summed E-state index contributed by atoms with van der Waals surface area (Å²) in [6.45, 7) is 1.93. The third-order valence-corrected chi connectivity index (χ3v) is 5.34. The quantitative estimate of drug-likeness (QED) is 0.463. The molecule has 0 aromatic carbocycles. The third-order valence-electron chi connectivity index (χ3n) is 5.34. The standard InChI is InChI=1S/C22H21N7O2/c1-12-6-8-29(28-12)14-5-7-24-17(9-14)18-10-15-16(22(31)23-2)11-25-20(19(15)26-18)27-21(30)13-3-4-13/h5-11,13,26H,3-4H2,1-2H3,(H,23,31)(H,25,27,30). The van der Waals surface area contributed by atoms with Crippen molar-refractivity contribution in [2.75, 3.05) is 12.4 Å². The van der Waals surface area contributed by atoms with Crippen LogP contribution in [0.5, 0.6) is 0 Å². The Balaban J connectivity index is 1.61. The molecule has 0 saturated heterocycles. The molecule has 1 saturated carbocycles. The number of carbonyl (C=O) groups excluding carboxylic acids is 2. The average Bonchev–Trinajstić information content (AvgIpc) is 3.39. The summed E-state index contributed by atoms with van der Waals surface area (Å²) in [5, 5.41) is 10.6. The normalized spacial score (nSPS) is 13.4. The number of rotatable bonds is 5. The van der Waals surface area contributed by atoms with Crippen LogP contribution in [0.1, 0.15) is 28.9 Å². The first-order valence-corrected chi connectivity index (χ1v) is 10.1. The van der Waals surface area contributed by atoms with Crippen LogP contribution in [0.15, 0.2) is 42.9 Å². The zero-order valence-corrected chi connectivity index (χ0v) is 17.1. The number of pyridine rings is 2. The molecule has 0 atom stereocenters. The van der Waals surface area contributed by atoms with E-state index in [1.165, 1.54) is 6.20 Å². The molecule has 1 aliphatic rings. The lowest BCUT2D eigenvalue weighted by molar-refractivity contribution is -0.117. The van der Waals surface area contributed by atoms with E-state index < -0.39 is 0 Å². The van der Waals surface area contributed by atoms with E-state index in [1.54, 1.807) is 17.9 Å². The van der Waals surface area contributed by atoms with Crippen LogP contribution in [0, 0.1) is 12.8 Å². The van der Waals surface area contributed by atoms with E-state index in [2.05, 4.69) is 30.7 Å². The smallest absolute Gasteiger partial charge is 0.253 e. The molecule has 31 heavy (non-hydrogen) atoms. The van der Waals surface area contributed by atoms with E-state index in [0.29, 0.717) is 33.7 Å². The van der Waals surface area contributed by atoms with Crippen LogP contribution in [0.25, 0.3) is 28.0 Å². The lowest BCUT2D eigenvalue weighted by atomic mass is 10.1. The van der Waals surface area contributed by atoms with Crippen molar-refractivity contribution in [3.63, 3.8) is 0 Å². The molecule has 4 aromatic heterocycles. The second-order valence-corrected chi connectivity index (χ2v) is 7.64. The predicted molar refractivity (Wildman–Crippen MR) is 116 cm³/mol. The Morgan fingerprint density at radius 3 is 2.74 bits per heavy atom. The third kappa shape index (κ3) is 3.54. The molecule has 2 amide bonds. The van der Waals surface area contributed by atoms with Crippen molar-refractivity contribution in [3.8, 4) is 17.1 Å². The first kappa shape index (κ1) is 19.0. The number of nitrogens with one attached hydrogen (secondary N) is 3. The van der Waals surface area contributed by atoms with Gasteiger partial charge in [0.2, 0.25) is 5.91 Å². The molecule has 4 aromatic rings. The fourth-order valence-corrected chi connectivity index (χ4v) is 3.50. The van der Waals surface area contributed by atoms with Gasteiger partial charge < -0.3 is 15.6 Å². The summed E-state index contributed by atoms with van der Waals surface area (Å²) in [4.78, 5) is 36.8. The zero-order valence-electron chi connectivity index (χ0n) is 17.1. The molecule has 0 aliphatic heterocycles. The Labute approximate surface area is 177 Å². The zero-order chi connectivity index (χ0) is 21.5. The van der Waals surface area contributed by atoms with Gasteiger partial charge in [0.25, 0.3) is 5.91 Å². The minimum absolute atomic E-state index is 0.0424. The second kappa shape index (κ2) is 7.35. The highest BCUT2D eigenvalue weighted by Gasteiger charge is 2.30. The van der Waals surface area contributed by atoms with Gasteiger partial charge in [-0.2, -0.15) is 5.10 Å². The van der Waals surface area contributed by atoms with Crippen LogP contribution in [-0.4, -0.2) is 43.6 Å². The Morgan fingerprint density at radius 2 is 2.03 bits per heavy atom. The number of aryl methyl sites for hydroxylation is 1. The predicted octanol–water partition coefficient (Wildman–Crippen LogP) is 2.83. The van der Waals surface area contributed by atoms with Crippen molar-refractivity contribution in [2.24, 2.45) is 5.92 Å². The van der Waals surface area contributed by atoms with E-state index in [1.807, 2.05) is 37.4 Å². The van der Waals surface area contributed by atoms with Gasteiger partial charge >= 0.3 is 0 Å². The van der Waals surface area contributed by atoms with E-state index in [-0.39, 0.29) is 17.7 Å². The van der Waals surface area contributed by atoms with Crippen LogP contribution in [0.4, 0.5) is 5.82 Å². The molecule has 5 rings (SSSR count). The molecule has 1 fully saturated rings. The SMILES string of the molecule is CNC(=O)c1cnc(NC(=O)C2CC2)c2[nH]c(-c3cc(-n4ccc(C)n4)ccn3)cc12. The molecule has 4 heterocycles. The maximum absolute atomic E-state index is 12.4. The van der Waals surface area contributed by atoms with Gasteiger partial charge in [0.05, 0.1) is 33.8 Å². The minimum Gasteiger partial charge on any atom is -0.355 e. The van der Waals surface area contributed by atoms with Crippen molar-refractivity contribution in [1.82, 2.24) is 30.0 Å². The number of aromatic amines is 1. The van der Waals surface area contributed by atoms with Gasteiger partial charge in [-0.3, -0.25) is 14.6 Å². The lowest BCUT2D eigenvalue weighted by Crippen LogP contribution is -2.19. The van der Waals surface area contributed by atoms with Crippen molar-refractivity contribution >= 4 is 28.5 Å². The summed E-state index contributed by atoms with van der Waals surface area (Å²) < 4.78 is 1.78. The van der Waals surface area contributed by atoms with Crippen LogP contribution in [0.3, 0.4) is 0 Å². The highest BCUT2D eigenvalue weighted by molar-refractivity contribution is 6.11. The molecule has 1 aliphatic carbocycles. The largest absolute Gasteiger partial charge is 0.355 e. The monoisotopic (exact) mass is 415 g/mol. The number of amides is 2. The van der Waals surface area contributed by atoms with Crippen molar-refractivity contribution in [3.05, 3.63) is 54.1 Å². The first-order valence-electron chi connectivity index (χ1n) is 10.1. The van der Waals surface area contributed by atoms with Gasteiger partial charge in [0, 0.05) is 36.9 Å². The molecule has 0 unspecified atom stereocenters. The molecule has 156 valence electrons. The fraction of sp³-hybridized carbons (Fsp3) is 0.227. The Kier molecular flexibility index (Phi) is 4.50. The second-order valence-electron chi connectivity index (χ2n) is 7.64. The number of carbonyl (C=O) groups is 2. The van der Waals surface area contributed by atoms with Crippen LogP contribution < -0.4 is 10.6 Å². The maximum atomic E-state index is 12.4. The van der Waals surface area contributed by atoms with E-state index in [4.69, 9.17) is 0 Å². The lowest BCUT2D eigenvalue weighted by Gasteiger charge is -2.07. The first-order chi connectivity index (χ1) is 15.0. The highest BCUT2D eigenvalue weighted by Crippen LogP contribution is 2.33. The van der Waals surface area contributed by atoms with Crippen molar-refractivity contribution < 1.29 is 9.59 Å². The summed E-state index contributed by atoms with van der Waals surface area (Å²) in [6.07, 6.45) is 6.87. The Hall–Kier alpha value is -4.01. The van der Waals surface area contributed by atoms with Gasteiger partial charge in [-0.25, -0.2) is 9.67 Å². The topological polar surface area (TPSA) is 118 Å².